The van der Waals surface area contributed by atoms with E-state index in [2.05, 4.69) is 4.98 Å². The van der Waals surface area contributed by atoms with Crippen LogP contribution in [0.2, 0.25) is 0 Å². The monoisotopic (exact) mass is 376 g/mol. The molecule has 0 bridgehead atoms. The molecule has 142 valence electrons. The van der Waals surface area contributed by atoms with Gasteiger partial charge in [-0.1, -0.05) is 48.0 Å². The first-order chi connectivity index (χ1) is 13.4. The SMILES string of the molecule is CC(=O)c1cn(Cc2ccccc2)c(-c2ccc(C)cc2C(C)=O)n1.O=C=O. The van der Waals surface area contributed by atoms with E-state index in [0.29, 0.717) is 23.6 Å². The summed E-state index contributed by atoms with van der Waals surface area (Å²) in [5, 5.41) is 0. The Morgan fingerprint density at radius 3 is 2.21 bits per heavy atom. The molecular formula is C22H20N2O4. The van der Waals surface area contributed by atoms with E-state index in [4.69, 9.17) is 9.59 Å². The van der Waals surface area contributed by atoms with E-state index in [1.54, 1.807) is 13.1 Å². The molecule has 0 fully saturated rings. The van der Waals surface area contributed by atoms with Crippen molar-refractivity contribution in [3.05, 3.63) is 77.1 Å². The number of hydrogen-bond acceptors (Lipinski definition) is 5. The summed E-state index contributed by atoms with van der Waals surface area (Å²) in [6, 6.07) is 15.7. The van der Waals surface area contributed by atoms with E-state index < -0.39 is 0 Å². The number of ketones is 2. The number of imidazole rings is 1. The Bertz CT molecular complexity index is 1030. The third-order valence-electron chi connectivity index (χ3n) is 4.13. The van der Waals surface area contributed by atoms with Crippen molar-refractivity contribution in [1.29, 1.82) is 0 Å². The van der Waals surface area contributed by atoms with Crippen LogP contribution in [0.4, 0.5) is 0 Å². The van der Waals surface area contributed by atoms with Crippen LogP contribution in [-0.2, 0) is 16.1 Å². The summed E-state index contributed by atoms with van der Waals surface area (Å²) >= 11 is 0. The summed E-state index contributed by atoms with van der Waals surface area (Å²) in [6.07, 6.45) is 2.01. The summed E-state index contributed by atoms with van der Waals surface area (Å²) < 4.78 is 1.93. The minimum atomic E-state index is -0.0930. The zero-order chi connectivity index (χ0) is 20.7. The van der Waals surface area contributed by atoms with Gasteiger partial charge >= 0.3 is 6.15 Å². The molecule has 0 N–H and O–H groups in total. The minimum Gasteiger partial charge on any atom is -0.326 e. The summed E-state index contributed by atoms with van der Waals surface area (Å²) in [5.74, 6) is 0.529. The van der Waals surface area contributed by atoms with Crippen LogP contribution >= 0.6 is 0 Å². The summed E-state index contributed by atoms with van der Waals surface area (Å²) in [5.41, 5.74) is 3.90. The zero-order valence-corrected chi connectivity index (χ0v) is 15.9. The van der Waals surface area contributed by atoms with Crippen LogP contribution in [0, 0.1) is 6.92 Å². The van der Waals surface area contributed by atoms with Gasteiger partial charge in [-0.2, -0.15) is 9.59 Å². The average molecular weight is 376 g/mol. The van der Waals surface area contributed by atoms with Crippen LogP contribution < -0.4 is 0 Å². The van der Waals surface area contributed by atoms with Crippen molar-refractivity contribution in [3.8, 4) is 11.4 Å². The number of carbonyl (C=O) groups excluding carboxylic acids is 4. The molecule has 0 unspecified atom stereocenters. The summed E-state index contributed by atoms with van der Waals surface area (Å²) in [7, 11) is 0. The fourth-order valence-corrected chi connectivity index (χ4v) is 2.85. The summed E-state index contributed by atoms with van der Waals surface area (Å²) in [6.45, 7) is 5.59. The molecule has 0 saturated carbocycles. The van der Waals surface area contributed by atoms with Crippen LogP contribution in [0.15, 0.2) is 54.7 Å². The predicted octanol–water partition coefficient (Wildman–Crippen LogP) is 3.73. The molecule has 0 aliphatic rings. The Hall–Kier alpha value is -3.63. The molecule has 3 rings (SSSR count). The molecule has 0 aliphatic heterocycles. The lowest BCUT2D eigenvalue weighted by atomic mass is 10.0. The Labute approximate surface area is 162 Å². The molecule has 1 heterocycles. The number of aryl methyl sites for hydroxylation is 1. The van der Waals surface area contributed by atoms with Crippen LogP contribution in [-0.4, -0.2) is 27.3 Å². The van der Waals surface area contributed by atoms with Crippen LogP contribution in [0.5, 0.6) is 0 Å². The fourth-order valence-electron chi connectivity index (χ4n) is 2.85. The van der Waals surface area contributed by atoms with E-state index in [1.807, 2.05) is 60.0 Å². The molecule has 2 aromatic carbocycles. The highest BCUT2D eigenvalue weighted by molar-refractivity contribution is 6.00. The quantitative estimate of drug-likeness (QED) is 0.633. The Kier molecular flexibility index (Phi) is 6.90. The molecule has 0 aliphatic carbocycles. The highest BCUT2D eigenvalue weighted by Crippen LogP contribution is 2.26. The van der Waals surface area contributed by atoms with Crippen molar-refractivity contribution in [2.45, 2.75) is 27.3 Å². The molecule has 3 aromatic rings. The van der Waals surface area contributed by atoms with Gasteiger partial charge in [-0.25, -0.2) is 4.98 Å². The standard InChI is InChI=1S/C21H20N2O2.CO2/c1-14-9-10-18(19(11-14)15(2)24)21-22-20(16(3)25)13-23(21)12-17-7-5-4-6-8-17;2-1-3/h4-11,13H,12H2,1-3H3;. The molecule has 0 radical (unpaired) electrons. The molecule has 6 heteroatoms. The van der Waals surface area contributed by atoms with Gasteiger partial charge in [-0.05, 0) is 25.5 Å². The second kappa shape index (κ2) is 9.35. The topological polar surface area (TPSA) is 86.1 Å². The van der Waals surface area contributed by atoms with Gasteiger partial charge in [0.15, 0.2) is 11.6 Å². The number of benzene rings is 2. The van der Waals surface area contributed by atoms with Crippen molar-refractivity contribution >= 4 is 17.7 Å². The molecule has 1 aromatic heterocycles. The average Bonchev–Trinajstić information content (AvgIpc) is 3.07. The largest absolute Gasteiger partial charge is 0.373 e. The number of carbonyl (C=O) groups is 2. The smallest absolute Gasteiger partial charge is 0.326 e. The molecule has 0 spiro atoms. The van der Waals surface area contributed by atoms with E-state index in [9.17, 15) is 9.59 Å². The number of rotatable bonds is 5. The van der Waals surface area contributed by atoms with Gasteiger partial charge in [0.1, 0.15) is 11.5 Å². The Morgan fingerprint density at radius 2 is 1.64 bits per heavy atom. The summed E-state index contributed by atoms with van der Waals surface area (Å²) in [4.78, 5) is 44.7. The number of nitrogens with zero attached hydrogens (tertiary/aromatic N) is 2. The van der Waals surface area contributed by atoms with Crippen LogP contribution in [0.1, 0.15) is 45.8 Å². The van der Waals surface area contributed by atoms with Gasteiger partial charge in [-0.15, -0.1) is 0 Å². The molecular weight excluding hydrogens is 356 g/mol. The van der Waals surface area contributed by atoms with Gasteiger partial charge in [0, 0.05) is 30.8 Å². The fraction of sp³-hybridized carbons (Fsp3) is 0.182. The first kappa shape index (κ1) is 20.7. The number of hydrogen-bond donors (Lipinski definition) is 0. The predicted molar refractivity (Wildman–Crippen MR) is 103 cm³/mol. The Balaban J connectivity index is 0.000000878. The third-order valence-corrected chi connectivity index (χ3v) is 4.13. The minimum absolute atomic E-state index is 0.0164. The maximum Gasteiger partial charge on any atom is 0.373 e. The van der Waals surface area contributed by atoms with E-state index in [0.717, 1.165) is 16.7 Å². The zero-order valence-electron chi connectivity index (χ0n) is 15.9. The van der Waals surface area contributed by atoms with Crippen molar-refractivity contribution in [1.82, 2.24) is 9.55 Å². The maximum atomic E-state index is 12.1. The van der Waals surface area contributed by atoms with Gasteiger partial charge in [0.25, 0.3) is 0 Å². The van der Waals surface area contributed by atoms with Crippen LogP contribution in [0.3, 0.4) is 0 Å². The second-order valence-electron chi connectivity index (χ2n) is 6.31. The van der Waals surface area contributed by atoms with Gasteiger partial charge in [0.05, 0.1) is 0 Å². The number of Topliss-reactive ketones (excluding diaryl/α,β-unsaturated/α-hetero) is 2. The molecule has 0 amide bonds. The highest BCUT2D eigenvalue weighted by atomic mass is 16.2. The van der Waals surface area contributed by atoms with Crippen molar-refractivity contribution in [3.63, 3.8) is 0 Å². The van der Waals surface area contributed by atoms with E-state index in [1.165, 1.54) is 6.92 Å². The lowest BCUT2D eigenvalue weighted by Gasteiger charge is -2.11. The van der Waals surface area contributed by atoms with Crippen molar-refractivity contribution in [2.75, 3.05) is 0 Å². The van der Waals surface area contributed by atoms with Gasteiger partial charge in [-0.3, -0.25) is 9.59 Å². The first-order valence-corrected chi connectivity index (χ1v) is 8.60. The molecule has 6 nitrogen and oxygen atoms in total. The lowest BCUT2D eigenvalue weighted by molar-refractivity contribution is -0.191. The number of aromatic nitrogens is 2. The normalized spacial score (nSPS) is 9.82. The molecule has 0 atom stereocenters. The Morgan fingerprint density at radius 1 is 1.00 bits per heavy atom. The highest BCUT2D eigenvalue weighted by Gasteiger charge is 2.18. The third kappa shape index (κ3) is 4.96. The van der Waals surface area contributed by atoms with Crippen molar-refractivity contribution < 1.29 is 19.2 Å². The first-order valence-electron chi connectivity index (χ1n) is 8.60. The lowest BCUT2D eigenvalue weighted by Crippen LogP contribution is -2.04. The molecule has 0 saturated heterocycles. The second-order valence-corrected chi connectivity index (χ2v) is 6.31. The van der Waals surface area contributed by atoms with Gasteiger partial charge < -0.3 is 4.57 Å². The van der Waals surface area contributed by atoms with Gasteiger partial charge in [0.2, 0.25) is 0 Å². The maximum absolute atomic E-state index is 12.1. The van der Waals surface area contributed by atoms with E-state index >= 15 is 0 Å². The van der Waals surface area contributed by atoms with E-state index in [-0.39, 0.29) is 17.7 Å². The van der Waals surface area contributed by atoms with Crippen LogP contribution in [0.25, 0.3) is 11.4 Å². The van der Waals surface area contributed by atoms with Crippen molar-refractivity contribution in [2.24, 2.45) is 0 Å². The molecule has 28 heavy (non-hydrogen) atoms.